The number of hydrogen-bond donors (Lipinski definition) is 2. The highest BCUT2D eigenvalue weighted by Crippen LogP contribution is 2.31. The Kier molecular flexibility index (Phi) is 9.37. The topological polar surface area (TPSA) is 76.7 Å². The average Bonchev–Trinajstić information content (AvgIpc) is 2.74. The van der Waals surface area contributed by atoms with Gasteiger partial charge in [0.05, 0.1) is 11.1 Å². The summed E-state index contributed by atoms with van der Waals surface area (Å²) in [5.41, 5.74) is 6.33. The van der Waals surface area contributed by atoms with Gasteiger partial charge in [0, 0.05) is 5.56 Å². The molecule has 2 aromatic carbocycles. The van der Waals surface area contributed by atoms with Crippen LogP contribution in [0.5, 0.6) is 11.5 Å². The summed E-state index contributed by atoms with van der Waals surface area (Å²) in [4.78, 5) is 24.2. The van der Waals surface area contributed by atoms with Gasteiger partial charge in [0.15, 0.2) is 6.61 Å². The molecule has 2 amide bonds. The highest BCUT2D eigenvalue weighted by Gasteiger charge is 2.16. The van der Waals surface area contributed by atoms with E-state index in [1.807, 2.05) is 18.2 Å². The second-order valence-electron chi connectivity index (χ2n) is 8.27. The molecule has 7 heteroatoms. The number of rotatable bonds is 9. The molecule has 6 nitrogen and oxygen atoms in total. The molecule has 2 rings (SSSR count). The summed E-state index contributed by atoms with van der Waals surface area (Å²) in [6, 6.07) is 12.6. The molecule has 0 saturated heterocycles. The van der Waals surface area contributed by atoms with Crippen LogP contribution in [0.2, 0.25) is 0 Å². The quantitative estimate of drug-likeness (QED) is 0.376. The Labute approximate surface area is 192 Å². The lowest BCUT2D eigenvalue weighted by Gasteiger charge is -2.20. The molecule has 0 heterocycles. The van der Waals surface area contributed by atoms with Crippen molar-refractivity contribution < 1.29 is 19.1 Å². The van der Waals surface area contributed by atoms with Crippen LogP contribution in [0, 0.1) is 0 Å². The van der Waals surface area contributed by atoms with E-state index in [-0.39, 0.29) is 12.0 Å². The molecule has 0 aliphatic rings. The van der Waals surface area contributed by atoms with E-state index >= 15 is 0 Å². The molecule has 0 aliphatic heterocycles. The molecule has 0 atom stereocenters. The molecule has 0 saturated carbocycles. The van der Waals surface area contributed by atoms with Gasteiger partial charge in [-0.15, -0.1) is 0 Å². The van der Waals surface area contributed by atoms with Crippen molar-refractivity contribution in [3.63, 3.8) is 0 Å². The molecule has 2 N–H and O–H groups in total. The van der Waals surface area contributed by atoms with E-state index in [1.165, 1.54) is 0 Å². The minimum Gasteiger partial charge on any atom is -0.494 e. The third-order valence-corrected chi connectivity index (χ3v) is 5.22. The number of carbonyl (C=O) groups excluding carboxylic acids is 2. The Hall–Kier alpha value is -2.54. The molecule has 0 aliphatic carbocycles. The number of benzene rings is 2. The van der Waals surface area contributed by atoms with Crippen LogP contribution in [-0.4, -0.2) is 25.0 Å². The van der Waals surface area contributed by atoms with Crippen LogP contribution in [0.25, 0.3) is 0 Å². The predicted molar refractivity (Wildman–Crippen MR) is 125 cm³/mol. The summed E-state index contributed by atoms with van der Waals surface area (Å²) in [6.45, 7) is 8.95. The van der Waals surface area contributed by atoms with Crippen molar-refractivity contribution >= 4 is 27.7 Å². The van der Waals surface area contributed by atoms with Gasteiger partial charge < -0.3 is 9.47 Å². The minimum absolute atomic E-state index is 0.0160. The third-order valence-electron chi connectivity index (χ3n) is 4.61. The molecule has 31 heavy (non-hydrogen) atoms. The average molecular weight is 491 g/mol. The molecule has 0 fully saturated rings. The third kappa shape index (κ3) is 8.25. The number of hydrogen-bond acceptors (Lipinski definition) is 4. The zero-order valence-electron chi connectivity index (χ0n) is 18.6. The van der Waals surface area contributed by atoms with Gasteiger partial charge in [0.1, 0.15) is 11.5 Å². The Balaban J connectivity index is 1.77. The first-order valence-corrected chi connectivity index (χ1v) is 11.2. The van der Waals surface area contributed by atoms with Crippen molar-refractivity contribution in [3.8, 4) is 11.5 Å². The SMILES string of the molecule is CCCCCOc1ccc(C(=O)NNC(=O)COc2ccc(C(C)(C)C)cc2Br)cc1. The van der Waals surface area contributed by atoms with Gasteiger partial charge in [-0.2, -0.15) is 0 Å². The maximum atomic E-state index is 12.2. The maximum Gasteiger partial charge on any atom is 0.276 e. The summed E-state index contributed by atoms with van der Waals surface area (Å²) in [7, 11) is 0. The Morgan fingerprint density at radius 3 is 2.29 bits per heavy atom. The number of carbonyl (C=O) groups is 2. The molecule has 0 radical (unpaired) electrons. The monoisotopic (exact) mass is 490 g/mol. The number of halogens is 1. The van der Waals surface area contributed by atoms with Gasteiger partial charge >= 0.3 is 0 Å². The van der Waals surface area contributed by atoms with Crippen molar-refractivity contribution in [2.75, 3.05) is 13.2 Å². The first-order chi connectivity index (χ1) is 14.7. The van der Waals surface area contributed by atoms with Gasteiger partial charge in [0.2, 0.25) is 0 Å². The number of hydrazine groups is 1. The second-order valence-corrected chi connectivity index (χ2v) is 9.12. The fourth-order valence-corrected chi connectivity index (χ4v) is 3.20. The highest BCUT2D eigenvalue weighted by molar-refractivity contribution is 9.10. The first kappa shape index (κ1) is 24.7. The van der Waals surface area contributed by atoms with Crippen LogP contribution < -0.4 is 20.3 Å². The predicted octanol–water partition coefficient (Wildman–Crippen LogP) is 5.16. The minimum atomic E-state index is -0.462. The van der Waals surface area contributed by atoms with Gasteiger partial charge in [0.25, 0.3) is 11.8 Å². The van der Waals surface area contributed by atoms with Crippen molar-refractivity contribution in [1.29, 1.82) is 0 Å². The van der Waals surface area contributed by atoms with Crippen molar-refractivity contribution in [3.05, 3.63) is 58.1 Å². The van der Waals surface area contributed by atoms with Crippen LogP contribution in [-0.2, 0) is 10.2 Å². The van der Waals surface area contributed by atoms with Crippen molar-refractivity contribution in [2.45, 2.75) is 52.4 Å². The van der Waals surface area contributed by atoms with E-state index in [9.17, 15) is 9.59 Å². The zero-order chi connectivity index (χ0) is 22.9. The van der Waals surface area contributed by atoms with Crippen molar-refractivity contribution in [2.24, 2.45) is 0 Å². The summed E-state index contributed by atoms with van der Waals surface area (Å²) >= 11 is 3.47. The summed E-state index contributed by atoms with van der Waals surface area (Å²) in [5.74, 6) is 0.398. The summed E-state index contributed by atoms with van der Waals surface area (Å²) in [5, 5.41) is 0. The lowest BCUT2D eigenvalue weighted by atomic mass is 9.87. The van der Waals surface area contributed by atoms with E-state index in [0.29, 0.717) is 23.7 Å². The molecule has 0 aromatic heterocycles. The summed E-state index contributed by atoms with van der Waals surface area (Å²) < 4.78 is 11.9. The van der Waals surface area contributed by atoms with E-state index < -0.39 is 11.8 Å². The molecular formula is C24H31BrN2O4. The molecular weight excluding hydrogens is 460 g/mol. The van der Waals surface area contributed by atoms with E-state index in [2.05, 4.69) is 54.5 Å². The molecule has 2 aromatic rings. The fourth-order valence-electron chi connectivity index (χ4n) is 2.71. The number of amides is 2. The van der Waals surface area contributed by atoms with Gasteiger partial charge in [-0.1, -0.05) is 46.6 Å². The Bertz CT molecular complexity index is 876. The van der Waals surface area contributed by atoms with E-state index in [0.717, 1.165) is 29.3 Å². The highest BCUT2D eigenvalue weighted by atomic mass is 79.9. The molecule has 0 bridgehead atoms. The largest absolute Gasteiger partial charge is 0.494 e. The maximum absolute atomic E-state index is 12.2. The molecule has 0 spiro atoms. The smallest absolute Gasteiger partial charge is 0.276 e. The van der Waals surface area contributed by atoms with Gasteiger partial charge in [-0.25, -0.2) is 0 Å². The van der Waals surface area contributed by atoms with Crippen LogP contribution in [0.1, 0.15) is 62.9 Å². The fraction of sp³-hybridized carbons (Fsp3) is 0.417. The standard InChI is InChI=1S/C24H31BrN2O4/c1-5-6-7-14-30-19-11-8-17(9-12-19)23(29)27-26-22(28)16-31-21-13-10-18(15-20(21)25)24(2,3)4/h8-13,15H,5-7,14,16H2,1-4H3,(H,26,28)(H,27,29). The number of ether oxygens (including phenoxy) is 2. The normalized spacial score (nSPS) is 11.0. The van der Waals surface area contributed by atoms with Crippen LogP contribution >= 0.6 is 15.9 Å². The lowest BCUT2D eigenvalue weighted by Crippen LogP contribution is -2.43. The van der Waals surface area contributed by atoms with Gasteiger partial charge in [-0.3, -0.25) is 20.4 Å². The van der Waals surface area contributed by atoms with E-state index in [4.69, 9.17) is 9.47 Å². The van der Waals surface area contributed by atoms with Crippen LogP contribution in [0.3, 0.4) is 0 Å². The second kappa shape index (κ2) is 11.7. The Morgan fingerprint density at radius 1 is 0.968 bits per heavy atom. The van der Waals surface area contributed by atoms with Gasteiger partial charge in [-0.05, 0) is 69.7 Å². The van der Waals surface area contributed by atoms with Crippen LogP contribution in [0.15, 0.2) is 46.9 Å². The van der Waals surface area contributed by atoms with Crippen LogP contribution in [0.4, 0.5) is 0 Å². The molecule has 0 unspecified atom stereocenters. The summed E-state index contributed by atoms with van der Waals surface area (Å²) in [6.07, 6.45) is 3.27. The molecule has 168 valence electrons. The lowest BCUT2D eigenvalue weighted by molar-refractivity contribution is -0.123. The zero-order valence-corrected chi connectivity index (χ0v) is 20.2. The van der Waals surface area contributed by atoms with Crippen molar-refractivity contribution in [1.82, 2.24) is 10.9 Å². The van der Waals surface area contributed by atoms with E-state index in [1.54, 1.807) is 24.3 Å². The first-order valence-electron chi connectivity index (χ1n) is 10.5. The Morgan fingerprint density at radius 2 is 1.68 bits per heavy atom. The number of nitrogens with one attached hydrogen (secondary N) is 2. The number of unbranched alkanes of at least 4 members (excludes halogenated alkanes) is 2.